The van der Waals surface area contributed by atoms with Gasteiger partial charge in [-0.15, -0.1) is 11.3 Å². The van der Waals surface area contributed by atoms with Crippen LogP contribution < -0.4 is 5.32 Å². The van der Waals surface area contributed by atoms with Gasteiger partial charge in [-0.1, -0.05) is 11.8 Å². The molecule has 1 N–H and O–H groups in total. The van der Waals surface area contributed by atoms with Gasteiger partial charge in [-0.25, -0.2) is 9.78 Å². The van der Waals surface area contributed by atoms with Crippen LogP contribution in [0.1, 0.15) is 49.5 Å². The summed E-state index contributed by atoms with van der Waals surface area (Å²) < 4.78 is 7.35. The number of Topliss-reactive ketones (excluding diaryl/α,β-unsaturated/α-hetero) is 1. The van der Waals surface area contributed by atoms with Gasteiger partial charge in [0.05, 0.1) is 18.1 Å². The number of aromatic nitrogens is 2. The normalized spacial score (nSPS) is 19.0. The van der Waals surface area contributed by atoms with Crippen molar-refractivity contribution >= 4 is 34.9 Å². The standard InChI is InChI=1S/C22H25N3O3S2/c1-4-28-21(27)18-13(2)24-15-6-5-7-16(26)19(15)20(18)17-10-14(11-29-17)12-30-22-23-8-9-25(22)3/h8-11,20,24H,4-7,12H2,1-3H3/t20-/m0/s1. The number of nitrogens with zero attached hydrogens (tertiary/aromatic N) is 2. The van der Waals surface area contributed by atoms with Crippen LogP contribution in [0.2, 0.25) is 0 Å². The van der Waals surface area contributed by atoms with Crippen molar-refractivity contribution in [2.75, 3.05) is 6.61 Å². The van der Waals surface area contributed by atoms with Crippen LogP contribution in [-0.2, 0) is 27.1 Å². The molecule has 0 amide bonds. The number of thioether (sulfide) groups is 1. The highest BCUT2D eigenvalue weighted by Crippen LogP contribution is 2.44. The van der Waals surface area contributed by atoms with Gasteiger partial charge in [0, 0.05) is 53.5 Å². The quantitative estimate of drug-likeness (QED) is 0.530. The molecule has 3 heterocycles. The molecular formula is C22H25N3O3S2. The lowest BCUT2D eigenvalue weighted by Crippen LogP contribution is -2.34. The zero-order valence-electron chi connectivity index (χ0n) is 17.4. The van der Waals surface area contributed by atoms with Crippen LogP contribution in [0.15, 0.2) is 51.5 Å². The van der Waals surface area contributed by atoms with Gasteiger partial charge >= 0.3 is 5.97 Å². The average molecular weight is 444 g/mol. The third-order valence-electron chi connectivity index (χ3n) is 5.37. The predicted octanol–water partition coefficient (Wildman–Crippen LogP) is 4.30. The molecule has 0 saturated carbocycles. The Balaban J connectivity index is 1.67. The summed E-state index contributed by atoms with van der Waals surface area (Å²) in [4.78, 5) is 31.1. The van der Waals surface area contributed by atoms with E-state index in [0.717, 1.165) is 51.2 Å². The molecule has 0 bridgehead atoms. The summed E-state index contributed by atoms with van der Waals surface area (Å²) in [6.45, 7) is 4.00. The van der Waals surface area contributed by atoms with Crippen molar-refractivity contribution in [3.05, 3.63) is 56.8 Å². The van der Waals surface area contributed by atoms with Gasteiger partial charge < -0.3 is 14.6 Å². The number of esters is 1. The summed E-state index contributed by atoms with van der Waals surface area (Å²) in [5.74, 6) is 0.198. The molecule has 2 aliphatic rings. The van der Waals surface area contributed by atoms with Crippen molar-refractivity contribution in [1.29, 1.82) is 0 Å². The van der Waals surface area contributed by atoms with Crippen molar-refractivity contribution < 1.29 is 14.3 Å². The van der Waals surface area contributed by atoms with E-state index in [1.807, 2.05) is 24.7 Å². The fourth-order valence-corrected chi connectivity index (χ4v) is 6.01. The first-order valence-corrected chi connectivity index (χ1v) is 11.9. The topological polar surface area (TPSA) is 73.2 Å². The molecule has 6 nitrogen and oxygen atoms in total. The highest BCUT2D eigenvalue weighted by atomic mass is 32.2. The van der Waals surface area contributed by atoms with E-state index < -0.39 is 0 Å². The molecule has 1 aliphatic heterocycles. The number of aryl methyl sites for hydroxylation is 1. The van der Waals surface area contributed by atoms with Crippen molar-refractivity contribution in [2.24, 2.45) is 7.05 Å². The lowest BCUT2D eigenvalue weighted by atomic mass is 9.78. The second-order valence-corrected chi connectivity index (χ2v) is 9.34. The minimum absolute atomic E-state index is 0.125. The summed E-state index contributed by atoms with van der Waals surface area (Å²) in [6.07, 6.45) is 5.92. The maximum Gasteiger partial charge on any atom is 0.336 e. The fraction of sp³-hybridized carbons (Fsp3) is 0.409. The zero-order chi connectivity index (χ0) is 21.3. The van der Waals surface area contributed by atoms with Gasteiger partial charge in [0.1, 0.15) is 0 Å². The number of hydrogen-bond donors (Lipinski definition) is 1. The third-order valence-corrected chi connectivity index (χ3v) is 7.55. The Labute approximate surface area is 184 Å². The Morgan fingerprint density at radius 1 is 1.43 bits per heavy atom. The number of thiophene rings is 1. The van der Waals surface area contributed by atoms with Crippen LogP contribution in [-0.4, -0.2) is 27.9 Å². The molecule has 0 radical (unpaired) electrons. The number of dihydropyridines is 1. The monoisotopic (exact) mass is 443 g/mol. The molecule has 2 aromatic rings. The van der Waals surface area contributed by atoms with E-state index in [2.05, 4.69) is 21.7 Å². The first-order chi connectivity index (χ1) is 14.5. The van der Waals surface area contributed by atoms with E-state index in [1.54, 1.807) is 36.2 Å². The minimum Gasteiger partial charge on any atom is -0.463 e. The largest absolute Gasteiger partial charge is 0.463 e. The van der Waals surface area contributed by atoms with Crippen molar-refractivity contribution in [1.82, 2.24) is 14.9 Å². The first-order valence-electron chi connectivity index (χ1n) is 10.1. The van der Waals surface area contributed by atoms with Crippen LogP contribution >= 0.6 is 23.1 Å². The van der Waals surface area contributed by atoms with E-state index >= 15 is 0 Å². The second-order valence-electron chi connectivity index (χ2n) is 7.45. The third kappa shape index (κ3) is 3.98. The van der Waals surface area contributed by atoms with Gasteiger partial charge in [-0.3, -0.25) is 4.79 Å². The number of nitrogens with one attached hydrogen (secondary N) is 1. The van der Waals surface area contributed by atoms with Crippen LogP contribution in [0.4, 0.5) is 0 Å². The van der Waals surface area contributed by atoms with E-state index in [-0.39, 0.29) is 17.7 Å². The number of ether oxygens (including phenoxy) is 1. The Kier molecular flexibility index (Phi) is 6.15. The van der Waals surface area contributed by atoms with Crippen molar-refractivity contribution in [3.8, 4) is 0 Å². The number of hydrogen-bond acceptors (Lipinski definition) is 7. The molecule has 2 aromatic heterocycles. The molecule has 8 heteroatoms. The maximum absolute atomic E-state index is 12.9. The Bertz CT molecular complexity index is 1050. The maximum atomic E-state index is 12.9. The molecular weight excluding hydrogens is 418 g/mol. The van der Waals surface area contributed by atoms with Gasteiger partial charge in [0.2, 0.25) is 0 Å². The van der Waals surface area contributed by atoms with Crippen LogP contribution in [0.5, 0.6) is 0 Å². The predicted molar refractivity (Wildman–Crippen MR) is 118 cm³/mol. The average Bonchev–Trinajstić information content (AvgIpc) is 3.34. The van der Waals surface area contributed by atoms with Crippen molar-refractivity contribution in [3.63, 3.8) is 0 Å². The molecule has 30 heavy (non-hydrogen) atoms. The second kappa shape index (κ2) is 8.81. The summed E-state index contributed by atoms with van der Waals surface area (Å²) >= 11 is 3.27. The Morgan fingerprint density at radius 3 is 3.00 bits per heavy atom. The molecule has 1 aliphatic carbocycles. The zero-order valence-corrected chi connectivity index (χ0v) is 19.0. The molecule has 158 valence electrons. The molecule has 0 saturated heterocycles. The van der Waals surface area contributed by atoms with Gasteiger partial charge in [-0.05, 0) is 43.7 Å². The SMILES string of the molecule is CCOC(=O)C1=C(C)NC2=C(C(=O)CCC2)[C@H]1c1cc(CSc2nccn2C)cs1. The molecule has 0 unspecified atom stereocenters. The summed E-state index contributed by atoms with van der Waals surface area (Å²) in [5, 5.41) is 6.39. The summed E-state index contributed by atoms with van der Waals surface area (Å²) in [7, 11) is 1.98. The highest BCUT2D eigenvalue weighted by Gasteiger charge is 2.39. The van der Waals surface area contributed by atoms with Crippen LogP contribution in [0.25, 0.3) is 0 Å². The van der Waals surface area contributed by atoms with E-state index in [4.69, 9.17) is 4.74 Å². The number of carbonyl (C=O) groups is 2. The Hall–Kier alpha value is -2.32. The smallest absolute Gasteiger partial charge is 0.336 e. The van der Waals surface area contributed by atoms with Crippen LogP contribution in [0.3, 0.4) is 0 Å². The van der Waals surface area contributed by atoms with Gasteiger partial charge in [0.15, 0.2) is 10.9 Å². The first kappa shape index (κ1) is 20.9. The fourth-order valence-electron chi connectivity index (χ4n) is 4.01. The lowest BCUT2D eigenvalue weighted by Gasteiger charge is -2.33. The number of imidazole rings is 1. The summed E-state index contributed by atoms with van der Waals surface area (Å²) in [6, 6.07) is 2.12. The lowest BCUT2D eigenvalue weighted by molar-refractivity contribution is -0.138. The minimum atomic E-state index is -0.356. The van der Waals surface area contributed by atoms with Gasteiger partial charge in [0.25, 0.3) is 0 Å². The van der Waals surface area contributed by atoms with E-state index in [9.17, 15) is 9.59 Å². The van der Waals surface area contributed by atoms with E-state index in [1.165, 1.54) is 0 Å². The number of rotatable bonds is 6. The molecule has 0 fully saturated rings. The molecule has 0 aromatic carbocycles. The number of allylic oxidation sites excluding steroid dienone is 3. The molecule has 0 spiro atoms. The number of carbonyl (C=O) groups excluding carboxylic acids is 2. The van der Waals surface area contributed by atoms with Crippen LogP contribution in [0, 0.1) is 0 Å². The molecule has 4 rings (SSSR count). The van der Waals surface area contributed by atoms with Crippen molar-refractivity contribution in [2.45, 2.75) is 49.9 Å². The van der Waals surface area contributed by atoms with E-state index in [0.29, 0.717) is 18.6 Å². The summed E-state index contributed by atoms with van der Waals surface area (Å²) in [5.41, 5.74) is 4.19. The molecule has 1 atom stereocenters. The van der Waals surface area contributed by atoms with Gasteiger partial charge in [-0.2, -0.15) is 0 Å². The Morgan fingerprint density at radius 2 is 2.27 bits per heavy atom. The highest BCUT2D eigenvalue weighted by molar-refractivity contribution is 7.98. The number of ketones is 1.